The SMILES string of the molecule is C=C(CCC1CCC([Si](C)(C)C2C(C)C(C)C(C)C2C)C1)C[Si](C)(c1ccccc1)c1ccccc1. The van der Waals surface area contributed by atoms with Crippen molar-refractivity contribution < 1.29 is 0 Å². The van der Waals surface area contributed by atoms with Gasteiger partial charge in [-0.05, 0) is 66.0 Å². The van der Waals surface area contributed by atoms with Gasteiger partial charge in [0.2, 0.25) is 0 Å². The highest BCUT2D eigenvalue weighted by atomic mass is 28.3. The fourth-order valence-electron chi connectivity index (χ4n) is 8.71. The van der Waals surface area contributed by atoms with Crippen LogP contribution in [0.1, 0.15) is 59.8 Å². The molecule has 2 fully saturated rings. The Labute approximate surface area is 225 Å². The molecule has 0 amide bonds. The van der Waals surface area contributed by atoms with E-state index in [0.717, 1.165) is 40.7 Å². The van der Waals surface area contributed by atoms with Crippen LogP contribution in [0.5, 0.6) is 0 Å². The van der Waals surface area contributed by atoms with Crippen molar-refractivity contribution >= 4 is 26.5 Å². The third-order valence-electron chi connectivity index (χ3n) is 11.4. The van der Waals surface area contributed by atoms with Gasteiger partial charge in [-0.1, -0.05) is 137 Å². The summed E-state index contributed by atoms with van der Waals surface area (Å²) in [4.78, 5) is 0. The minimum absolute atomic E-state index is 0.894. The minimum Gasteiger partial charge on any atom is -0.100 e. The largest absolute Gasteiger partial charge is 0.119 e. The lowest BCUT2D eigenvalue weighted by Crippen LogP contribution is -2.55. The van der Waals surface area contributed by atoms with Gasteiger partial charge >= 0.3 is 0 Å². The van der Waals surface area contributed by atoms with Gasteiger partial charge in [0.05, 0.1) is 8.07 Å². The van der Waals surface area contributed by atoms with Crippen LogP contribution in [0, 0.1) is 29.6 Å². The van der Waals surface area contributed by atoms with Crippen LogP contribution in [0.3, 0.4) is 0 Å². The first-order chi connectivity index (χ1) is 17.1. The molecule has 2 aromatic rings. The van der Waals surface area contributed by atoms with Crippen LogP contribution in [0.4, 0.5) is 0 Å². The maximum Gasteiger partial charge on any atom is 0.119 e. The molecule has 0 aliphatic heterocycles. The summed E-state index contributed by atoms with van der Waals surface area (Å²) in [5, 5.41) is 3.07. The van der Waals surface area contributed by atoms with Crippen LogP contribution in [0.25, 0.3) is 0 Å². The number of benzene rings is 2. The van der Waals surface area contributed by atoms with Crippen molar-refractivity contribution in [2.24, 2.45) is 29.6 Å². The van der Waals surface area contributed by atoms with Crippen molar-refractivity contribution in [2.45, 2.75) is 96.6 Å². The minimum atomic E-state index is -1.82. The molecule has 4 rings (SSSR count). The molecule has 0 radical (unpaired) electrons. The zero-order valence-electron chi connectivity index (χ0n) is 24.3. The van der Waals surface area contributed by atoms with E-state index in [1.165, 1.54) is 54.1 Å². The molecule has 0 heterocycles. The zero-order valence-corrected chi connectivity index (χ0v) is 26.3. The quantitative estimate of drug-likeness (QED) is 0.230. The predicted octanol–water partition coefficient (Wildman–Crippen LogP) is 9.02. The third-order valence-corrected chi connectivity index (χ3v) is 21.2. The first-order valence-electron chi connectivity index (χ1n) is 14.8. The van der Waals surface area contributed by atoms with E-state index in [2.05, 4.69) is 115 Å². The van der Waals surface area contributed by atoms with Crippen LogP contribution in [0.15, 0.2) is 72.8 Å². The Morgan fingerprint density at radius 1 is 0.750 bits per heavy atom. The summed E-state index contributed by atoms with van der Waals surface area (Å²) in [5.41, 5.74) is 3.51. The van der Waals surface area contributed by atoms with Gasteiger partial charge < -0.3 is 0 Å². The van der Waals surface area contributed by atoms with Gasteiger partial charge in [0.25, 0.3) is 0 Å². The van der Waals surface area contributed by atoms with Gasteiger partial charge in [-0.15, -0.1) is 6.58 Å². The molecule has 0 N–H and O–H groups in total. The molecule has 0 bridgehead atoms. The Kier molecular flexibility index (Phi) is 8.57. The highest BCUT2D eigenvalue weighted by molar-refractivity contribution is 7.01. The first-order valence-corrected chi connectivity index (χ1v) is 20.7. The molecule has 2 saturated carbocycles. The van der Waals surface area contributed by atoms with E-state index < -0.39 is 16.1 Å². The van der Waals surface area contributed by atoms with Gasteiger partial charge in [0, 0.05) is 0 Å². The van der Waals surface area contributed by atoms with Gasteiger partial charge in [0.1, 0.15) is 8.07 Å². The summed E-state index contributed by atoms with van der Waals surface area (Å²) in [6.07, 6.45) is 7.02. The summed E-state index contributed by atoms with van der Waals surface area (Å²) in [6.45, 7) is 23.0. The predicted molar refractivity (Wildman–Crippen MR) is 166 cm³/mol. The molecule has 36 heavy (non-hydrogen) atoms. The summed E-state index contributed by atoms with van der Waals surface area (Å²) < 4.78 is 0. The molecule has 0 saturated heterocycles. The average Bonchev–Trinajstić information content (AvgIpc) is 3.44. The van der Waals surface area contributed by atoms with Crippen LogP contribution in [-0.2, 0) is 0 Å². The summed E-state index contributed by atoms with van der Waals surface area (Å²) >= 11 is 0. The molecule has 2 aromatic carbocycles. The second kappa shape index (κ2) is 11.2. The monoisotopic (exact) mass is 516 g/mol. The Morgan fingerprint density at radius 3 is 1.75 bits per heavy atom. The highest BCUT2D eigenvalue weighted by Gasteiger charge is 2.52. The zero-order chi connectivity index (χ0) is 26.1. The fraction of sp³-hybridized carbons (Fsp3) is 0.588. The molecule has 2 heteroatoms. The van der Waals surface area contributed by atoms with Gasteiger partial charge in [-0.25, -0.2) is 0 Å². The Hall–Kier alpha value is -1.39. The lowest BCUT2D eigenvalue weighted by Gasteiger charge is -2.41. The first kappa shape index (κ1) is 27.6. The number of rotatable bonds is 9. The number of allylic oxidation sites excluding steroid dienone is 1. The number of hydrogen-bond acceptors (Lipinski definition) is 0. The van der Waals surface area contributed by atoms with Crippen LogP contribution in [-0.4, -0.2) is 16.1 Å². The van der Waals surface area contributed by atoms with Crippen molar-refractivity contribution in [3.05, 3.63) is 72.8 Å². The molecule has 196 valence electrons. The average molecular weight is 517 g/mol. The van der Waals surface area contributed by atoms with E-state index in [0.29, 0.717) is 0 Å². The van der Waals surface area contributed by atoms with E-state index in [1.807, 2.05) is 0 Å². The summed E-state index contributed by atoms with van der Waals surface area (Å²) in [6, 6.07) is 23.7. The van der Waals surface area contributed by atoms with Crippen molar-refractivity contribution in [3.63, 3.8) is 0 Å². The van der Waals surface area contributed by atoms with Crippen LogP contribution in [0.2, 0.25) is 36.8 Å². The molecule has 6 unspecified atom stereocenters. The number of hydrogen-bond donors (Lipinski definition) is 0. The van der Waals surface area contributed by atoms with Gasteiger partial charge in [0.15, 0.2) is 0 Å². The van der Waals surface area contributed by atoms with Gasteiger partial charge in [-0.2, -0.15) is 0 Å². The second-order valence-corrected chi connectivity index (χ2v) is 23.0. The Balaban J connectivity index is 1.38. The maximum absolute atomic E-state index is 4.66. The summed E-state index contributed by atoms with van der Waals surface area (Å²) in [7, 11) is -3.11. The van der Waals surface area contributed by atoms with E-state index in [-0.39, 0.29) is 0 Å². The Bertz CT molecular complexity index is 941. The van der Waals surface area contributed by atoms with E-state index >= 15 is 0 Å². The fourth-order valence-corrected chi connectivity index (χ4v) is 18.2. The lowest BCUT2D eigenvalue weighted by atomic mass is 9.92. The van der Waals surface area contributed by atoms with E-state index in [4.69, 9.17) is 0 Å². The van der Waals surface area contributed by atoms with E-state index in [9.17, 15) is 0 Å². The summed E-state index contributed by atoms with van der Waals surface area (Å²) in [5.74, 6) is 4.53. The van der Waals surface area contributed by atoms with E-state index in [1.54, 1.807) is 0 Å². The topological polar surface area (TPSA) is 0 Å². The molecular weight excluding hydrogens is 465 g/mol. The van der Waals surface area contributed by atoms with Crippen molar-refractivity contribution in [3.8, 4) is 0 Å². The van der Waals surface area contributed by atoms with Crippen molar-refractivity contribution in [2.75, 3.05) is 0 Å². The molecule has 0 aromatic heterocycles. The molecule has 2 aliphatic carbocycles. The van der Waals surface area contributed by atoms with Crippen LogP contribution >= 0.6 is 0 Å². The Morgan fingerprint density at radius 2 is 1.25 bits per heavy atom. The van der Waals surface area contributed by atoms with Crippen LogP contribution < -0.4 is 10.4 Å². The normalized spacial score (nSPS) is 31.0. The molecule has 6 atom stereocenters. The van der Waals surface area contributed by atoms with Crippen molar-refractivity contribution in [1.29, 1.82) is 0 Å². The highest BCUT2D eigenvalue weighted by Crippen LogP contribution is 2.59. The lowest BCUT2D eigenvalue weighted by molar-refractivity contribution is 0.352. The molecule has 0 nitrogen and oxygen atoms in total. The smallest absolute Gasteiger partial charge is 0.100 e. The molecule has 0 spiro atoms. The maximum atomic E-state index is 4.66. The molecular formula is C34H52Si2. The molecule has 2 aliphatic rings. The van der Waals surface area contributed by atoms with Crippen molar-refractivity contribution in [1.82, 2.24) is 0 Å². The standard InChI is InChI=1S/C34H52Si2/c1-25(24-36(8,31-15-11-9-12-16-31)32-17-13-10-14-18-32)19-20-30-21-22-33(23-30)35(6,7)34-28(4)26(2)27(3)29(34)5/h9-18,26-30,33-34H,1,19-24H2,2-8H3. The third kappa shape index (κ3) is 5.41. The second-order valence-electron chi connectivity index (χ2n) is 13.7. The van der Waals surface area contributed by atoms with Gasteiger partial charge in [-0.3, -0.25) is 0 Å².